The highest BCUT2D eigenvalue weighted by molar-refractivity contribution is 6.41. The second kappa shape index (κ2) is 13.0. The number of amides is 2. The lowest BCUT2D eigenvalue weighted by Gasteiger charge is -2.36. The number of imide groups is 1. The zero-order chi connectivity index (χ0) is 34.2. The summed E-state index contributed by atoms with van der Waals surface area (Å²) >= 11 is 0. The lowest BCUT2D eigenvalue weighted by Crippen LogP contribution is -2.46. The van der Waals surface area contributed by atoms with E-state index in [1.165, 1.54) is 0 Å². The molecule has 0 radical (unpaired) electrons. The Hall–Kier alpha value is -5.01. The predicted octanol–water partition coefficient (Wildman–Crippen LogP) is 5.18. The molecule has 0 saturated carbocycles. The summed E-state index contributed by atoms with van der Waals surface area (Å²) in [6, 6.07) is 9.56. The van der Waals surface area contributed by atoms with Crippen molar-refractivity contribution in [3.05, 3.63) is 86.9 Å². The zero-order valence-electron chi connectivity index (χ0n) is 27.5. The van der Waals surface area contributed by atoms with Gasteiger partial charge in [-0.05, 0) is 87.9 Å². The molecule has 3 aromatic rings. The van der Waals surface area contributed by atoms with Crippen molar-refractivity contribution in [2.75, 3.05) is 0 Å². The summed E-state index contributed by atoms with van der Waals surface area (Å²) in [6.07, 6.45) is 3.36. The molecule has 14 heteroatoms. The predicted molar refractivity (Wildman–Crippen MR) is 172 cm³/mol. The monoisotopic (exact) mass is 643 g/mol. The Bertz CT molecular complexity index is 1810. The smallest absolute Gasteiger partial charge is 0.348 e. The lowest BCUT2D eigenvalue weighted by molar-refractivity contribution is -0.197. The maximum absolute atomic E-state index is 15.2. The Balaban J connectivity index is 1.58. The third-order valence-electron chi connectivity index (χ3n) is 8.72. The van der Waals surface area contributed by atoms with Crippen molar-refractivity contribution in [1.82, 2.24) is 34.8 Å². The van der Waals surface area contributed by atoms with E-state index >= 15 is 8.63 Å². The van der Waals surface area contributed by atoms with E-state index in [1.54, 1.807) is 33.8 Å². The van der Waals surface area contributed by atoms with Crippen molar-refractivity contribution in [2.24, 2.45) is 7.05 Å². The van der Waals surface area contributed by atoms with Gasteiger partial charge in [0.2, 0.25) is 0 Å². The summed E-state index contributed by atoms with van der Waals surface area (Å²) in [5.74, 6) is -1.12. The summed E-state index contributed by atoms with van der Waals surface area (Å²) in [6.45, 7) is 10.8. The highest BCUT2D eigenvalue weighted by Gasteiger charge is 2.49. The number of nitrogens with zero attached hydrogens (tertiary/aromatic N) is 7. The molecule has 2 aliphatic rings. The van der Waals surface area contributed by atoms with Crippen molar-refractivity contribution in [3.8, 4) is 0 Å². The number of rotatable bonds is 9. The van der Waals surface area contributed by atoms with Gasteiger partial charge in [0, 0.05) is 42.4 Å². The molecule has 0 spiro atoms. The molecule has 0 atom stereocenters. The van der Waals surface area contributed by atoms with E-state index in [0.717, 1.165) is 32.9 Å². The molecule has 0 aliphatic carbocycles. The van der Waals surface area contributed by atoms with Crippen LogP contribution in [0.3, 0.4) is 0 Å². The number of hydroxylamine groups is 2. The van der Waals surface area contributed by atoms with Gasteiger partial charge in [0.05, 0.1) is 12.1 Å². The first-order valence-corrected chi connectivity index (χ1v) is 15.3. The van der Waals surface area contributed by atoms with Gasteiger partial charge in [-0.2, -0.15) is 0 Å². The molecule has 47 heavy (non-hydrogen) atoms. The topological polar surface area (TPSA) is 123 Å². The highest BCUT2D eigenvalue weighted by atomic mass is 19.2. The van der Waals surface area contributed by atoms with Gasteiger partial charge in [-0.1, -0.05) is 30.3 Å². The number of carbonyl (C=O) groups excluding carboxylic acids is 3. The molecule has 2 aliphatic heterocycles. The van der Waals surface area contributed by atoms with Gasteiger partial charge in [0.25, 0.3) is 11.8 Å². The standard InChI is InChI=1S/C33H36BF2N7O4/c1-19-18-20(2)41(7)31(19)30(24-11-8-23(9-12-24)10-14-26-39-37-22(4)38-40-26)32-21(3)25(33(5,6)43(32)34(35)36)13-17-29(46)47-42-27(44)15-16-28(42)45/h8-12,14,18H,13,15-17H2,1-7H3/b14-10+,32-30-. The SMILES string of the molecule is CC1=C(CCC(=O)ON2C(=O)CCC2=O)C(C)(C)N(B(F)F)/C1=C(/c1ccc(/C=C/c2nnc(C)nn2)cc1)c1c(C)cc(C)n1C. The van der Waals surface area contributed by atoms with Crippen molar-refractivity contribution in [2.45, 2.75) is 72.8 Å². The molecule has 0 unspecified atom stereocenters. The number of aromatic nitrogens is 5. The maximum atomic E-state index is 15.2. The van der Waals surface area contributed by atoms with Gasteiger partial charge >= 0.3 is 13.4 Å². The molecular formula is C33H36BF2N7O4. The summed E-state index contributed by atoms with van der Waals surface area (Å²) in [5.41, 5.74) is 5.29. The van der Waals surface area contributed by atoms with Crippen LogP contribution >= 0.6 is 0 Å². The summed E-state index contributed by atoms with van der Waals surface area (Å²) in [4.78, 5) is 42.8. The molecule has 0 bridgehead atoms. The van der Waals surface area contributed by atoms with Crippen LogP contribution in [-0.2, 0) is 26.3 Å². The van der Waals surface area contributed by atoms with Crippen LogP contribution in [-0.4, -0.2) is 65.6 Å². The van der Waals surface area contributed by atoms with E-state index in [0.29, 0.717) is 39.1 Å². The van der Waals surface area contributed by atoms with E-state index in [-0.39, 0.29) is 25.7 Å². The summed E-state index contributed by atoms with van der Waals surface area (Å²) in [5, 5.41) is 16.3. The fraction of sp³-hybridized carbons (Fsp3) is 0.364. The van der Waals surface area contributed by atoms with Crippen LogP contribution in [0.4, 0.5) is 8.63 Å². The average molecular weight is 644 g/mol. The average Bonchev–Trinajstić information content (AvgIpc) is 3.54. The van der Waals surface area contributed by atoms with Gasteiger partial charge < -0.3 is 14.2 Å². The minimum atomic E-state index is -2.87. The van der Waals surface area contributed by atoms with Gasteiger partial charge in [-0.15, -0.1) is 25.5 Å². The van der Waals surface area contributed by atoms with Crippen molar-refractivity contribution >= 4 is 42.9 Å². The quantitative estimate of drug-likeness (QED) is 0.229. The van der Waals surface area contributed by atoms with Gasteiger partial charge in [0.1, 0.15) is 0 Å². The molecule has 5 rings (SSSR count). The largest absolute Gasteiger partial charge is 0.674 e. The van der Waals surface area contributed by atoms with Crippen molar-refractivity contribution in [3.63, 3.8) is 0 Å². The van der Waals surface area contributed by atoms with E-state index in [2.05, 4.69) is 20.4 Å². The molecule has 244 valence electrons. The molecule has 1 fully saturated rings. The third kappa shape index (κ3) is 6.49. The molecule has 4 heterocycles. The Morgan fingerprint density at radius 1 is 0.979 bits per heavy atom. The lowest BCUT2D eigenvalue weighted by atomic mass is 9.87. The second-order valence-corrected chi connectivity index (χ2v) is 12.2. The van der Waals surface area contributed by atoms with Gasteiger partial charge in [0.15, 0.2) is 11.6 Å². The fourth-order valence-corrected chi connectivity index (χ4v) is 6.34. The molecule has 1 aromatic carbocycles. The number of allylic oxidation sites excluding steroid dienone is 1. The summed E-state index contributed by atoms with van der Waals surface area (Å²) < 4.78 is 32.4. The molecule has 11 nitrogen and oxygen atoms in total. The van der Waals surface area contributed by atoms with Crippen molar-refractivity contribution < 1.29 is 27.9 Å². The van der Waals surface area contributed by atoms with Crippen LogP contribution in [0, 0.1) is 20.8 Å². The molecule has 1 saturated heterocycles. The van der Waals surface area contributed by atoms with E-state index in [4.69, 9.17) is 4.84 Å². The van der Waals surface area contributed by atoms with Crippen LogP contribution in [0.25, 0.3) is 17.7 Å². The first-order chi connectivity index (χ1) is 22.2. The van der Waals surface area contributed by atoms with Crippen molar-refractivity contribution in [1.29, 1.82) is 0 Å². The maximum Gasteiger partial charge on any atom is 0.674 e. The van der Waals surface area contributed by atoms with E-state index in [1.807, 2.05) is 61.9 Å². The minimum absolute atomic E-state index is 0.0187. The molecule has 2 amide bonds. The van der Waals surface area contributed by atoms with Crippen LogP contribution < -0.4 is 0 Å². The number of carbonyl (C=O) groups is 3. The first kappa shape index (κ1) is 33.4. The number of hydrogen-bond acceptors (Lipinski definition) is 9. The van der Waals surface area contributed by atoms with E-state index < -0.39 is 30.7 Å². The molecular weight excluding hydrogens is 607 g/mol. The normalized spacial score (nSPS) is 17.4. The van der Waals surface area contributed by atoms with Crippen LogP contribution in [0.2, 0.25) is 0 Å². The Labute approximate surface area is 272 Å². The zero-order valence-corrected chi connectivity index (χ0v) is 27.5. The van der Waals surface area contributed by atoms with E-state index in [9.17, 15) is 14.4 Å². The Morgan fingerprint density at radius 3 is 2.15 bits per heavy atom. The first-order valence-electron chi connectivity index (χ1n) is 15.3. The van der Waals surface area contributed by atoms with Crippen LogP contribution in [0.15, 0.2) is 47.2 Å². The molecule has 2 aromatic heterocycles. The summed E-state index contributed by atoms with van der Waals surface area (Å²) in [7, 11) is -0.960. The number of benzene rings is 1. The van der Waals surface area contributed by atoms with Crippen LogP contribution in [0.5, 0.6) is 0 Å². The number of aryl methyl sites for hydroxylation is 3. The minimum Gasteiger partial charge on any atom is -0.348 e. The molecule has 0 N–H and O–H groups in total. The van der Waals surface area contributed by atoms with Gasteiger partial charge in [-0.3, -0.25) is 18.2 Å². The van der Waals surface area contributed by atoms with Crippen LogP contribution in [0.1, 0.15) is 86.2 Å². The van der Waals surface area contributed by atoms with Gasteiger partial charge in [-0.25, -0.2) is 4.79 Å². The fourth-order valence-electron chi connectivity index (χ4n) is 6.34. The Morgan fingerprint density at radius 2 is 1.60 bits per heavy atom. The third-order valence-corrected chi connectivity index (χ3v) is 8.72. The Kier molecular flexibility index (Phi) is 9.23. The number of hydrogen-bond donors (Lipinski definition) is 0. The number of halogens is 2. The highest BCUT2D eigenvalue weighted by Crippen LogP contribution is 2.48. The second-order valence-electron chi connectivity index (χ2n) is 12.2.